The number of esters is 2. The predicted octanol–water partition coefficient (Wildman–Crippen LogP) is 11.9. The van der Waals surface area contributed by atoms with E-state index in [1.54, 1.807) is 26.0 Å². The maximum atomic E-state index is 12.1. The molecule has 0 unspecified atom stereocenters. The molecule has 0 saturated heterocycles. The molecule has 7 aromatic rings. The molecule has 6 heteroatoms. The van der Waals surface area contributed by atoms with Crippen LogP contribution >= 0.6 is 0 Å². The van der Waals surface area contributed by atoms with Crippen molar-refractivity contribution in [3.63, 3.8) is 0 Å². The van der Waals surface area contributed by atoms with E-state index >= 15 is 0 Å². The fourth-order valence-electron chi connectivity index (χ4n) is 6.02. The standard InChI is InChI=1S/C46H36N2O4/c1-31(2)45(49)51-43-25-17-33-27-41(19-15-35(33)29-43)47(37-11-7-5-8-12-37)39-21-23-40(24-22-39)48(38-13-9-6-10-14-38)42-20-16-36-30-44(26-18-34(36)28-42)52-46(50)32(3)4/h5-30H,1,3H2,2,4H3. The summed E-state index contributed by atoms with van der Waals surface area (Å²) in [6.45, 7) is 10.6. The zero-order chi connectivity index (χ0) is 36.2. The Morgan fingerprint density at radius 2 is 0.712 bits per heavy atom. The van der Waals surface area contributed by atoms with Crippen molar-refractivity contribution in [2.75, 3.05) is 9.80 Å². The molecule has 254 valence electrons. The van der Waals surface area contributed by atoms with Gasteiger partial charge in [0.05, 0.1) is 0 Å². The maximum absolute atomic E-state index is 12.1. The topological polar surface area (TPSA) is 59.1 Å². The molecule has 0 atom stereocenters. The Labute approximate surface area is 303 Å². The maximum Gasteiger partial charge on any atom is 0.338 e. The van der Waals surface area contributed by atoms with Crippen LogP contribution < -0.4 is 19.3 Å². The van der Waals surface area contributed by atoms with E-state index in [1.165, 1.54) is 0 Å². The lowest BCUT2D eigenvalue weighted by Crippen LogP contribution is -2.12. The SMILES string of the molecule is C=C(C)C(=O)Oc1ccc2cc(N(c3ccccc3)c3ccc(N(c4ccccc4)c4ccc5cc(OC(=O)C(=C)C)ccc5c4)cc3)ccc2c1. The van der Waals surface area contributed by atoms with Crippen LogP contribution in [0.1, 0.15) is 13.8 Å². The highest BCUT2D eigenvalue weighted by atomic mass is 16.5. The van der Waals surface area contributed by atoms with Gasteiger partial charge in [-0.05, 0) is 132 Å². The Balaban J connectivity index is 1.24. The van der Waals surface area contributed by atoms with Crippen LogP contribution in [0.5, 0.6) is 11.5 Å². The molecule has 0 amide bonds. The third-order valence-electron chi connectivity index (χ3n) is 8.62. The first-order valence-electron chi connectivity index (χ1n) is 16.9. The molecule has 0 fully saturated rings. The van der Waals surface area contributed by atoms with E-state index in [0.29, 0.717) is 22.6 Å². The number of fused-ring (bicyclic) bond motifs is 2. The minimum absolute atomic E-state index is 0.350. The van der Waals surface area contributed by atoms with Crippen LogP contribution in [-0.2, 0) is 9.59 Å². The van der Waals surface area contributed by atoms with E-state index in [1.807, 2.05) is 72.8 Å². The Bertz CT molecular complexity index is 2280. The summed E-state index contributed by atoms with van der Waals surface area (Å²) in [5.41, 5.74) is 6.69. The minimum atomic E-state index is -0.446. The van der Waals surface area contributed by atoms with Crippen molar-refractivity contribution < 1.29 is 19.1 Å². The minimum Gasteiger partial charge on any atom is -0.423 e. The highest BCUT2D eigenvalue weighted by Crippen LogP contribution is 2.40. The number of nitrogens with zero attached hydrogens (tertiary/aromatic N) is 2. The zero-order valence-electron chi connectivity index (χ0n) is 29.0. The normalized spacial score (nSPS) is 10.8. The first-order valence-corrected chi connectivity index (χ1v) is 16.9. The molecule has 7 rings (SSSR count). The molecule has 0 spiro atoms. The van der Waals surface area contributed by atoms with Gasteiger partial charge in [0.25, 0.3) is 0 Å². The molecule has 0 heterocycles. The second kappa shape index (κ2) is 14.5. The first-order chi connectivity index (χ1) is 25.2. The summed E-state index contributed by atoms with van der Waals surface area (Å²) in [6.07, 6.45) is 0. The molecule has 7 aromatic carbocycles. The fraction of sp³-hybridized carbons (Fsp3) is 0.0435. The quantitative estimate of drug-likeness (QED) is 0.0814. The average Bonchev–Trinajstić information content (AvgIpc) is 3.16. The monoisotopic (exact) mass is 680 g/mol. The lowest BCUT2D eigenvalue weighted by molar-refractivity contribution is -0.130. The van der Waals surface area contributed by atoms with Crippen molar-refractivity contribution in [3.05, 3.63) is 182 Å². The van der Waals surface area contributed by atoms with Crippen LogP contribution in [0.25, 0.3) is 21.5 Å². The lowest BCUT2D eigenvalue weighted by atomic mass is 10.1. The van der Waals surface area contributed by atoms with Crippen LogP contribution in [-0.4, -0.2) is 11.9 Å². The Morgan fingerprint density at radius 1 is 0.404 bits per heavy atom. The predicted molar refractivity (Wildman–Crippen MR) is 212 cm³/mol. The average molecular weight is 681 g/mol. The second-order valence-corrected chi connectivity index (χ2v) is 12.6. The molecule has 0 bridgehead atoms. The van der Waals surface area contributed by atoms with Gasteiger partial charge in [-0.3, -0.25) is 0 Å². The summed E-state index contributed by atoms with van der Waals surface area (Å²) in [6, 6.07) is 52.8. The van der Waals surface area contributed by atoms with Gasteiger partial charge in [0.2, 0.25) is 0 Å². The number of ether oxygens (including phenoxy) is 2. The molecule has 0 aliphatic carbocycles. The molecular weight excluding hydrogens is 645 g/mol. The second-order valence-electron chi connectivity index (χ2n) is 12.6. The highest BCUT2D eigenvalue weighted by molar-refractivity contribution is 5.94. The van der Waals surface area contributed by atoms with E-state index in [0.717, 1.165) is 55.7 Å². The van der Waals surface area contributed by atoms with Crippen molar-refractivity contribution in [2.45, 2.75) is 13.8 Å². The summed E-state index contributed by atoms with van der Waals surface area (Å²) < 4.78 is 10.9. The molecule has 52 heavy (non-hydrogen) atoms. The number of carbonyl (C=O) groups excluding carboxylic acids is 2. The van der Waals surface area contributed by atoms with Crippen molar-refractivity contribution >= 4 is 67.6 Å². The van der Waals surface area contributed by atoms with Crippen molar-refractivity contribution in [1.82, 2.24) is 0 Å². The summed E-state index contributed by atoms with van der Waals surface area (Å²) >= 11 is 0. The van der Waals surface area contributed by atoms with Gasteiger partial charge in [-0.2, -0.15) is 0 Å². The number of hydrogen-bond donors (Lipinski definition) is 0. The van der Waals surface area contributed by atoms with Crippen molar-refractivity contribution in [2.24, 2.45) is 0 Å². The van der Waals surface area contributed by atoms with Gasteiger partial charge in [0.15, 0.2) is 0 Å². The summed E-state index contributed by atoms with van der Waals surface area (Å²) in [4.78, 5) is 28.6. The van der Waals surface area contributed by atoms with Crippen molar-refractivity contribution in [3.8, 4) is 11.5 Å². The molecular formula is C46H36N2O4. The van der Waals surface area contributed by atoms with E-state index in [2.05, 4.69) is 95.8 Å². The molecule has 0 aliphatic heterocycles. The number of anilines is 6. The van der Waals surface area contributed by atoms with Gasteiger partial charge in [-0.1, -0.05) is 73.8 Å². The Kier molecular flexibility index (Phi) is 9.37. The Hall–Kier alpha value is -6.92. The molecule has 0 aromatic heterocycles. The number of carbonyl (C=O) groups is 2. The third kappa shape index (κ3) is 7.18. The van der Waals surface area contributed by atoms with E-state index < -0.39 is 11.9 Å². The van der Waals surface area contributed by atoms with Gasteiger partial charge in [0, 0.05) is 45.3 Å². The van der Waals surface area contributed by atoms with Crippen molar-refractivity contribution in [1.29, 1.82) is 0 Å². The van der Waals surface area contributed by atoms with Gasteiger partial charge in [0.1, 0.15) is 11.5 Å². The molecule has 0 aliphatic rings. The van der Waals surface area contributed by atoms with Crippen LogP contribution in [0.4, 0.5) is 34.1 Å². The Morgan fingerprint density at radius 3 is 1.08 bits per heavy atom. The summed E-state index contributed by atoms with van der Waals surface area (Å²) in [5.74, 6) is 0.0657. The highest BCUT2D eigenvalue weighted by Gasteiger charge is 2.17. The van der Waals surface area contributed by atoms with Gasteiger partial charge in [-0.25, -0.2) is 9.59 Å². The van der Waals surface area contributed by atoms with Crippen LogP contribution in [0.3, 0.4) is 0 Å². The van der Waals surface area contributed by atoms with Gasteiger partial charge >= 0.3 is 11.9 Å². The summed E-state index contributed by atoms with van der Waals surface area (Å²) in [5, 5.41) is 3.94. The number of rotatable bonds is 10. The first kappa shape index (κ1) is 33.6. The van der Waals surface area contributed by atoms with Gasteiger partial charge in [-0.15, -0.1) is 0 Å². The van der Waals surface area contributed by atoms with Crippen LogP contribution in [0, 0.1) is 0 Å². The van der Waals surface area contributed by atoms with E-state index in [9.17, 15) is 9.59 Å². The molecule has 6 nitrogen and oxygen atoms in total. The lowest BCUT2D eigenvalue weighted by Gasteiger charge is -2.28. The number of para-hydroxylation sites is 2. The van der Waals surface area contributed by atoms with Crippen LogP contribution in [0.2, 0.25) is 0 Å². The summed E-state index contributed by atoms with van der Waals surface area (Å²) in [7, 11) is 0. The fourth-order valence-corrected chi connectivity index (χ4v) is 6.02. The van der Waals surface area contributed by atoms with E-state index in [-0.39, 0.29) is 0 Å². The van der Waals surface area contributed by atoms with E-state index in [4.69, 9.17) is 9.47 Å². The number of hydrogen-bond acceptors (Lipinski definition) is 6. The molecule has 0 saturated carbocycles. The smallest absolute Gasteiger partial charge is 0.338 e. The molecule has 0 radical (unpaired) electrons. The molecule has 0 N–H and O–H groups in total. The number of benzene rings is 7. The third-order valence-corrected chi connectivity index (χ3v) is 8.62. The largest absolute Gasteiger partial charge is 0.423 e. The van der Waals surface area contributed by atoms with Crippen LogP contribution in [0.15, 0.2) is 182 Å². The zero-order valence-corrected chi connectivity index (χ0v) is 29.0. The van der Waals surface area contributed by atoms with Gasteiger partial charge < -0.3 is 19.3 Å².